The number of nitrogens with zero attached hydrogens (tertiary/aromatic N) is 2. The van der Waals surface area contributed by atoms with Gasteiger partial charge < -0.3 is 9.80 Å². The van der Waals surface area contributed by atoms with Crippen LogP contribution in [-0.4, -0.2) is 45.7 Å². The largest absolute Gasteiger partial charge is 0.334 e. The van der Waals surface area contributed by atoms with E-state index in [0.717, 1.165) is 11.1 Å². The summed E-state index contributed by atoms with van der Waals surface area (Å²) < 4.78 is 0. The first-order chi connectivity index (χ1) is 13.6. The fourth-order valence-electron chi connectivity index (χ4n) is 4.33. The molecule has 1 atom stereocenters. The molecule has 0 radical (unpaired) electrons. The molecule has 5 nitrogen and oxygen atoms in total. The molecule has 6 heteroatoms. The lowest BCUT2D eigenvalue weighted by Crippen LogP contribution is -2.59. The fourth-order valence-corrected chi connectivity index (χ4v) is 4.53. The number of carbonyl (C=O) groups excluding carboxylic acids is 2. The minimum atomic E-state index is -0.411. The zero-order valence-corrected chi connectivity index (χ0v) is 16.6. The van der Waals surface area contributed by atoms with Gasteiger partial charge in [0.15, 0.2) is 0 Å². The van der Waals surface area contributed by atoms with Gasteiger partial charge in [0.05, 0.1) is 11.7 Å². The molecule has 2 amide bonds. The third-order valence-electron chi connectivity index (χ3n) is 5.85. The Balaban J connectivity index is 1.58. The average Bonchev–Trinajstić information content (AvgIpc) is 2.95. The molecule has 2 aliphatic rings. The molecule has 0 aliphatic carbocycles. The van der Waals surface area contributed by atoms with E-state index in [9.17, 15) is 9.59 Å². The molecule has 2 aliphatic heterocycles. The molecular formula is C22H25N3O2S. The van der Waals surface area contributed by atoms with Crippen molar-refractivity contribution >= 4 is 23.8 Å². The van der Waals surface area contributed by atoms with E-state index in [4.69, 9.17) is 0 Å². The highest BCUT2D eigenvalue weighted by Gasteiger charge is 2.51. The van der Waals surface area contributed by atoms with Crippen LogP contribution in [0.2, 0.25) is 0 Å². The summed E-state index contributed by atoms with van der Waals surface area (Å²) in [7, 11) is 0. The summed E-state index contributed by atoms with van der Waals surface area (Å²) in [6.45, 7) is 1.78. The third kappa shape index (κ3) is 3.80. The first-order valence-electron chi connectivity index (χ1n) is 9.72. The summed E-state index contributed by atoms with van der Waals surface area (Å²) in [5.41, 5.74) is 1.85. The Morgan fingerprint density at radius 1 is 1.00 bits per heavy atom. The van der Waals surface area contributed by atoms with Crippen LogP contribution in [0.1, 0.15) is 24.0 Å². The Kier molecular flexibility index (Phi) is 5.42. The van der Waals surface area contributed by atoms with Gasteiger partial charge in [-0.3, -0.25) is 14.9 Å². The van der Waals surface area contributed by atoms with Crippen molar-refractivity contribution in [2.75, 3.05) is 13.1 Å². The summed E-state index contributed by atoms with van der Waals surface area (Å²) >= 11 is 3.96. The van der Waals surface area contributed by atoms with Crippen LogP contribution in [0.5, 0.6) is 0 Å². The maximum Gasteiger partial charge on any atom is 0.278 e. The quantitative estimate of drug-likeness (QED) is 0.783. The summed E-state index contributed by atoms with van der Waals surface area (Å²) in [5, 5.41) is 3.45. The summed E-state index contributed by atoms with van der Waals surface area (Å²) in [4.78, 5) is 28.7. The number of carbonyl (C=O) groups is 2. The maximum absolute atomic E-state index is 13.4. The molecule has 2 heterocycles. The van der Waals surface area contributed by atoms with Gasteiger partial charge in [0.1, 0.15) is 0 Å². The molecule has 2 fully saturated rings. The molecule has 0 saturated carbocycles. The number of likely N-dealkylation sites (tertiary alicyclic amines) is 1. The minimum Gasteiger partial charge on any atom is -0.334 e. The van der Waals surface area contributed by atoms with E-state index < -0.39 is 5.66 Å². The molecular weight excluding hydrogens is 370 g/mol. The number of hydrogen-bond donors (Lipinski definition) is 2. The second kappa shape index (κ2) is 7.97. The summed E-state index contributed by atoms with van der Waals surface area (Å²) in [6, 6.07) is 20.0. The van der Waals surface area contributed by atoms with Crippen LogP contribution in [-0.2, 0) is 17.8 Å². The Morgan fingerprint density at radius 3 is 2.14 bits per heavy atom. The summed E-state index contributed by atoms with van der Waals surface area (Å²) in [6.07, 6.45) is 2.09. The monoisotopic (exact) mass is 395 g/mol. The van der Waals surface area contributed by atoms with Crippen LogP contribution < -0.4 is 5.32 Å². The van der Waals surface area contributed by atoms with Gasteiger partial charge in [0.25, 0.3) is 5.24 Å². The highest BCUT2D eigenvalue weighted by molar-refractivity contribution is 7.96. The van der Waals surface area contributed by atoms with Crippen molar-refractivity contribution in [1.29, 1.82) is 0 Å². The Labute approximate surface area is 171 Å². The smallest absolute Gasteiger partial charge is 0.278 e. The van der Waals surface area contributed by atoms with Gasteiger partial charge in [-0.1, -0.05) is 73.3 Å². The lowest BCUT2D eigenvalue weighted by Gasteiger charge is -2.44. The van der Waals surface area contributed by atoms with Crippen LogP contribution in [0.25, 0.3) is 0 Å². The molecule has 146 valence electrons. The van der Waals surface area contributed by atoms with Gasteiger partial charge >= 0.3 is 0 Å². The van der Waals surface area contributed by atoms with E-state index in [0.29, 0.717) is 38.9 Å². The van der Waals surface area contributed by atoms with Gasteiger partial charge in [-0.05, 0) is 17.5 Å². The van der Waals surface area contributed by atoms with Gasteiger partial charge in [0.2, 0.25) is 5.91 Å². The van der Waals surface area contributed by atoms with Crippen LogP contribution in [0, 0.1) is 0 Å². The van der Waals surface area contributed by atoms with Crippen LogP contribution >= 0.6 is 12.6 Å². The van der Waals surface area contributed by atoms with E-state index in [2.05, 4.69) is 42.2 Å². The standard InChI is InChI=1S/C22H25N3O2S/c26-20-19(15-17-7-3-1-4-8-17)23-22(11-13-24(14-12-22)21(27)28)25(20)16-18-9-5-2-6-10-18/h1-10,19,23H,11-16H2,(H,27,28). The molecule has 4 rings (SSSR count). The first-order valence-corrected chi connectivity index (χ1v) is 10.2. The number of benzene rings is 2. The zero-order valence-electron chi connectivity index (χ0n) is 15.8. The van der Waals surface area contributed by atoms with E-state index in [1.807, 2.05) is 41.3 Å². The minimum absolute atomic E-state index is 0.137. The zero-order chi connectivity index (χ0) is 19.6. The molecule has 0 bridgehead atoms. The Bertz CT molecular complexity index is 835. The van der Waals surface area contributed by atoms with Crippen LogP contribution in [0.3, 0.4) is 0 Å². The second-order valence-electron chi connectivity index (χ2n) is 7.60. The molecule has 2 aromatic carbocycles. The lowest BCUT2D eigenvalue weighted by molar-refractivity contribution is -0.134. The van der Waals surface area contributed by atoms with Crippen molar-refractivity contribution in [2.24, 2.45) is 0 Å². The predicted molar refractivity (Wildman–Crippen MR) is 112 cm³/mol. The molecule has 2 saturated heterocycles. The van der Waals surface area contributed by atoms with E-state index in [1.54, 1.807) is 4.90 Å². The van der Waals surface area contributed by atoms with Crippen molar-refractivity contribution < 1.29 is 9.59 Å². The fraction of sp³-hybridized carbons (Fsp3) is 0.364. The lowest BCUT2D eigenvalue weighted by atomic mass is 9.95. The van der Waals surface area contributed by atoms with Crippen molar-refractivity contribution in [1.82, 2.24) is 15.1 Å². The number of rotatable bonds is 4. The second-order valence-corrected chi connectivity index (χ2v) is 7.98. The number of amides is 2. The topological polar surface area (TPSA) is 52.7 Å². The van der Waals surface area contributed by atoms with E-state index in [1.165, 1.54) is 0 Å². The van der Waals surface area contributed by atoms with Gasteiger partial charge in [-0.2, -0.15) is 0 Å². The Hall–Kier alpha value is -2.31. The third-order valence-corrected chi connectivity index (χ3v) is 6.13. The Morgan fingerprint density at radius 2 is 1.57 bits per heavy atom. The predicted octanol–water partition coefficient (Wildman–Crippen LogP) is 3.07. The van der Waals surface area contributed by atoms with Crippen molar-refractivity contribution in [2.45, 2.75) is 37.5 Å². The molecule has 1 unspecified atom stereocenters. The number of nitrogens with one attached hydrogen (secondary N) is 1. The van der Waals surface area contributed by atoms with E-state index >= 15 is 0 Å². The molecule has 28 heavy (non-hydrogen) atoms. The number of piperidine rings is 1. The van der Waals surface area contributed by atoms with E-state index in [-0.39, 0.29) is 17.2 Å². The number of thiol groups is 1. The highest BCUT2D eigenvalue weighted by Crippen LogP contribution is 2.35. The SMILES string of the molecule is O=C(S)N1CCC2(CC1)NC(Cc1ccccc1)C(=O)N2Cc1ccccc1. The van der Waals surface area contributed by atoms with Gasteiger partial charge in [-0.25, -0.2) is 0 Å². The van der Waals surface area contributed by atoms with Gasteiger partial charge in [-0.15, -0.1) is 0 Å². The molecule has 1 spiro atoms. The molecule has 2 aromatic rings. The van der Waals surface area contributed by atoms with Crippen molar-refractivity contribution in [3.63, 3.8) is 0 Å². The average molecular weight is 396 g/mol. The van der Waals surface area contributed by atoms with Crippen LogP contribution in [0.15, 0.2) is 60.7 Å². The summed E-state index contributed by atoms with van der Waals surface area (Å²) in [5.74, 6) is 0.137. The van der Waals surface area contributed by atoms with Gasteiger partial charge in [0, 0.05) is 32.5 Å². The molecule has 1 N–H and O–H groups in total. The maximum atomic E-state index is 13.4. The number of hydrogen-bond acceptors (Lipinski definition) is 3. The molecule has 0 aromatic heterocycles. The first kappa shape index (κ1) is 19.0. The normalized spacial score (nSPS) is 21.3. The highest BCUT2D eigenvalue weighted by atomic mass is 32.1. The van der Waals surface area contributed by atoms with Crippen molar-refractivity contribution in [3.8, 4) is 0 Å². The van der Waals surface area contributed by atoms with Crippen LogP contribution in [0.4, 0.5) is 4.79 Å². The van der Waals surface area contributed by atoms with Crippen molar-refractivity contribution in [3.05, 3.63) is 71.8 Å².